The van der Waals surface area contributed by atoms with Crippen LogP contribution >= 0.6 is 35.0 Å². The van der Waals surface area contributed by atoms with Gasteiger partial charge >= 0.3 is 0 Å². The zero-order valence-corrected chi connectivity index (χ0v) is 17.5. The van der Waals surface area contributed by atoms with Gasteiger partial charge in [0.25, 0.3) is 0 Å². The first-order chi connectivity index (χ1) is 14.0. The van der Waals surface area contributed by atoms with E-state index in [0.717, 1.165) is 16.8 Å². The van der Waals surface area contributed by atoms with Gasteiger partial charge in [-0.1, -0.05) is 35.3 Å². The van der Waals surface area contributed by atoms with Crippen molar-refractivity contribution in [2.45, 2.75) is 12.0 Å². The number of hydrogen-bond donors (Lipinski definition) is 0. The van der Waals surface area contributed by atoms with Crippen molar-refractivity contribution < 1.29 is 13.9 Å². The molecule has 148 valence electrons. The SMILES string of the molecule is O=C1CS[C@H](c2cc(Cl)ccc2OCc2cccc(F)c2)N1c1ccc(Cl)cc1. The number of carbonyl (C=O) groups is 1. The summed E-state index contributed by atoms with van der Waals surface area (Å²) in [6, 6.07) is 18.7. The van der Waals surface area contributed by atoms with Crippen LogP contribution in [0.15, 0.2) is 66.7 Å². The molecule has 3 aromatic carbocycles. The Morgan fingerprint density at radius 2 is 1.79 bits per heavy atom. The molecule has 1 amide bonds. The highest BCUT2D eigenvalue weighted by atomic mass is 35.5. The molecule has 0 N–H and O–H groups in total. The van der Waals surface area contributed by atoms with E-state index in [1.165, 1.54) is 23.9 Å². The maximum Gasteiger partial charge on any atom is 0.238 e. The molecular weight excluding hydrogens is 432 g/mol. The van der Waals surface area contributed by atoms with Crippen LogP contribution in [-0.2, 0) is 11.4 Å². The van der Waals surface area contributed by atoms with Gasteiger partial charge in [-0.05, 0) is 60.2 Å². The molecule has 0 aliphatic carbocycles. The van der Waals surface area contributed by atoms with Crippen LogP contribution in [0.25, 0.3) is 0 Å². The molecule has 3 nitrogen and oxygen atoms in total. The first-order valence-electron chi connectivity index (χ1n) is 8.87. The number of ether oxygens (including phenoxy) is 1. The molecule has 1 aliphatic rings. The molecule has 1 fully saturated rings. The van der Waals surface area contributed by atoms with E-state index in [1.54, 1.807) is 41.3 Å². The zero-order valence-electron chi connectivity index (χ0n) is 15.1. The first kappa shape index (κ1) is 20.1. The first-order valence-corrected chi connectivity index (χ1v) is 10.7. The summed E-state index contributed by atoms with van der Waals surface area (Å²) in [4.78, 5) is 14.3. The largest absolute Gasteiger partial charge is 0.489 e. The summed E-state index contributed by atoms with van der Waals surface area (Å²) in [5, 5.41) is 0.866. The summed E-state index contributed by atoms with van der Waals surface area (Å²) < 4.78 is 19.4. The average Bonchev–Trinajstić information content (AvgIpc) is 3.09. The van der Waals surface area contributed by atoms with E-state index in [2.05, 4.69) is 0 Å². The predicted molar refractivity (Wildman–Crippen MR) is 116 cm³/mol. The van der Waals surface area contributed by atoms with Crippen molar-refractivity contribution >= 4 is 46.6 Å². The molecule has 0 radical (unpaired) electrons. The number of thioether (sulfide) groups is 1. The Kier molecular flexibility index (Phi) is 5.99. The Morgan fingerprint density at radius 3 is 2.55 bits per heavy atom. The highest BCUT2D eigenvalue weighted by Gasteiger charge is 2.36. The van der Waals surface area contributed by atoms with Gasteiger partial charge in [0.2, 0.25) is 5.91 Å². The number of halogens is 3. The molecule has 1 aliphatic heterocycles. The van der Waals surface area contributed by atoms with Crippen molar-refractivity contribution in [3.8, 4) is 5.75 Å². The van der Waals surface area contributed by atoms with Gasteiger partial charge in [-0.3, -0.25) is 9.69 Å². The van der Waals surface area contributed by atoms with Crippen LogP contribution in [0.5, 0.6) is 5.75 Å². The predicted octanol–water partition coefficient (Wildman–Crippen LogP) is 6.49. The average molecular weight is 448 g/mol. The second-order valence-electron chi connectivity index (χ2n) is 6.50. The minimum atomic E-state index is -0.312. The van der Waals surface area contributed by atoms with Gasteiger partial charge in [-0.25, -0.2) is 4.39 Å². The van der Waals surface area contributed by atoms with Gasteiger partial charge in [0.15, 0.2) is 0 Å². The van der Waals surface area contributed by atoms with E-state index in [4.69, 9.17) is 27.9 Å². The van der Waals surface area contributed by atoms with Crippen LogP contribution in [0.3, 0.4) is 0 Å². The van der Waals surface area contributed by atoms with E-state index in [1.807, 2.05) is 18.2 Å². The van der Waals surface area contributed by atoms with Crippen LogP contribution < -0.4 is 9.64 Å². The van der Waals surface area contributed by atoms with Crippen LogP contribution in [0.2, 0.25) is 10.0 Å². The normalized spacial score (nSPS) is 16.3. The quantitative estimate of drug-likeness (QED) is 0.447. The molecule has 0 saturated carbocycles. The van der Waals surface area contributed by atoms with E-state index >= 15 is 0 Å². The third-order valence-corrected chi connectivity index (χ3v) is 6.18. The Labute approximate surface area is 182 Å². The number of hydrogen-bond acceptors (Lipinski definition) is 3. The fraction of sp³-hybridized carbons (Fsp3) is 0.136. The molecule has 0 aromatic heterocycles. The molecule has 0 spiro atoms. The number of amides is 1. The summed E-state index contributed by atoms with van der Waals surface area (Å²) in [6.45, 7) is 0.207. The fourth-order valence-electron chi connectivity index (χ4n) is 3.17. The van der Waals surface area contributed by atoms with E-state index < -0.39 is 0 Å². The van der Waals surface area contributed by atoms with Crippen molar-refractivity contribution in [2.24, 2.45) is 0 Å². The third-order valence-electron chi connectivity index (χ3n) is 4.49. The Balaban J connectivity index is 1.65. The molecule has 4 rings (SSSR count). The van der Waals surface area contributed by atoms with Crippen molar-refractivity contribution in [1.82, 2.24) is 0 Å². The molecule has 0 unspecified atom stereocenters. The van der Waals surface area contributed by atoms with Crippen molar-refractivity contribution in [2.75, 3.05) is 10.7 Å². The fourth-order valence-corrected chi connectivity index (χ4v) is 4.66. The molecule has 3 aromatic rings. The number of rotatable bonds is 5. The highest BCUT2D eigenvalue weighted by molar-refractivity contribution is 8.00. The summed E-state index contributed by atoms with van der Waals surface area (Å²) >= 11 is 13.7. The Hall–Kier alpha value is -2.21. The monoisotopic (exact) mass is 447 g/mol. The van der Waals surface area contributed by atoms with E-state index in [0.29, 0.717) is 21.5 Å². The maximum absolute atomic E-state index is 13.5. The number of carbonyl (C=O) groups excluding carboxylic acids is 1. The standard InChI is InChI=1S/C22H16Cl2FNO2S/c23-15-4-7-18(8-5-15)26-21(27)13-29-22(26)19-11-16(24)6-9-20(19)28-12-14-2-1-3-17(25)10-14/h1-11,22H,12-13H2/t22-/m1/s1. The number of anilines is 1. The molecule has 29 heavy (non-hydrogen) atoms. The smallest absolute Gasteiger partial charge is 0.238 e. The lowest BCUT2D eigenvalue weighted by Gasteiger charge is -2.26. The minimum absolute atomic E-state index is 0.00150. The molecule has 1 saturated heterocycles. The maximum atomic E-state index is 13.5. The van der Waals surface area contributed by atoms with Gasteiger partial charge in [0.1, 0.15) is 23.5 Å². The number of nitrogens with zero attached hydrogens (tertiary/aromatic N) is 1. The third kappa shape index (κ3) is 4.53. The zero-order chi connectivity index (χ0) is 20.4. The molecular formula is C22H16Cl2FNO2S. The molecule has 7 heteroatoms. The molecule has 1 atom stereocenters. The second-order valence-corrected chi connectivity index (χ2v) is 8.45. The van der Waals surface area contributed by atoms with Gasteiger partial charge in [0, 0.05) is 21.3 Å². The van der Waals surface area contributed by atoms with E-state index in [-0.39, 0.29) is 23.7 Å². The van der Waals surface area contributed by atoms with Crippen molar-refractivity contribution in [1.29, 1.82) is 0 Å². The van der Waals surface area contributed by atoms with E-state index in [9.17, 15) is 9.18 Å². The van der Waals surface area contributed by atoms with Gasteiger partial charge in [-0.2, -0.15) is 0 Å². The van der Waals surface area contributed by atoms with Crippen LogP contribution in [-0.4, -0.2) is 11.7 Å². The number of benzene rings is 3. The van der Waals surface area contributed by atoms with Gasteiger partial charge < -0.3 is 4.74 Å². The topological polar surface area (TPSA) is 29.5 Å². The highest BCUT2D eigenvalue weighted by Crippen LogP contribution is 2.45. The summed E-state index contributed by atoms with van der Waals surface area (Å²) in [5.41, 5.74) is 2.26. The summed E-state index contributed by atoms with van der Waals surface area (Å²) in [5.74, 6) is 0.639. The van der Waals surface area contributed by atoms with Gasteiger partial charge in [0.05, 0.1) is 5.75 Å². The molecule has 1 heterocycles. The van der Waals surface area contributed by atoms with Crippen LogP contribution in [0.4, 0.5) is 10.1 Å². The summed E-state index contributed by atoms with van der Waals surface area (Å²) in [7, 11) is 0. The second kappa shape index (κ2) is 8.66. The lowest BCUT2D eigenvalue weighted by Crippen LogP contribution is -2.28. The van der Waals surface area contributed by atoms with Crippen molar-refractivity contribution in [3.05, 3.63) is 93.7 Å². The lowest BCUT2D eigenvalue weighted by molar-refractivity contribution is -0.115. The minimum Gasteiger partial charge on any atom is -0.489 e. The Bertz CT molecular complexity index is 1050. The molecule has 0 bridgehead atoms. The van der Waals surface area contributed by atoms with Crippen molar-refractivity contribution in [3.63, 3.8) is 0 Å². The Morgan fingerprint density at radius 1 is 1.03 bits per heavy atom. The van der Waals surface area contributed by atoms with Gasteiger partial charge in [-0.15, -0.1) is 11.8 Å². The summed E-state index contributed by atoms with van der Waals surface area (Å²) in [6.07, 6.45) is 0. The van der Waals surface area contributed by atoms with Crippen LogP contribution in [0, 0.1) is 5.82 Å². The van der Waals surface area contributed by atoms with Crippen LogP contribution in [0.1, 0.15) is 16.5 Å². The lowest BCUT2D eigenvalue weighted by atomic mass is 10.1.